The number of rotatable bonds is 7. The van der Waals surface area contributed by atoms with E-state index >= 15 is 0 Å². The Bertz CT molecular complexity index is 766. The van der Waals surface area contributed by atoms with E-state index < -0.39 is 10.0 Å². The summed E-state index contributed by atoms with van der Waals surface area (Å²) in [5, 5.41) is 7.41. The van der Waals surface area contributed by atoms with Gasteiger partial charge in [0.15, 0.2) is 11.6 Å². The van der Waals surface area contributed by atoms with Gasteiger partial charge in [-0.25, -0.2) is 13.1 Å². The topological polar surface area (TPSA) is 84.2 Å². The van der Waals surface area contributed by atoms with Gasteiger partial charge < -0.3 is 9.84 Å². The van der Waals surface area contributed by atoms with Crippen LogP contribution >= 0.6 is 0 Å². The van der Waals surface area contributed by atoms with E-state index in [9.17, 15) is 8.42 Å². The minimum absolute atomic E-state index is 0.0814. The third-order valence-corrected chi connectivity index (χ3v) is 6.17. The standard InChI is InChI=1S/C18H25N3O3S/c1-2-25(22,23)21-16-10-8-14(9-11-16)13-19-18-12-17(24-20-18)15-6-4-3-5-7-15/h3-7,12,14,16,21H,2,8-11,13H2,1H3,(H,19,20). The van der Waals surface area contributed by atoms with Crippen LogP contribution in [0.5, 0.6) is 0 Å². The second-order valence-electron chi connectivity index (χ2n) is 6.56. The second-order valence-corrected chi connectivity index (χ2v) is 8.60. The van der Waals surface area contributed by atoms with Crippen LogP contribution in [0.4, 0.5) is 5.82 Å². The third-order valence-electron chi connectivity index (χ3n) is 4.71. The van der Waals surface area contributed by atoms with Crippen molar-refractivity contribution in [3.05, 3.63) is 36.4 Å². The van der Waals surface area contributed by atoms with Crippen molar-refractivity contribution in [1.82, 2.24) is 9.88 Å². The fraction of sp³-hybridized carbons (Fsp3) is 0.500. The highest BCUT2D eigenvalue weighted by Gasteiger charge is 2.24. The first-order valence-corrected chi connectivity index (χ1v) is 10.5. The Balaban J connectivity index is 1.45. The Morgan fingerprint density at radius 2 is 1.88 bits per heavy atom. The lowest BCUT2D eigenvalue weighted by molar-refractivity contribution is 0.323. The predicted molar refractivity (Wildman–Crippen MR) is 98.8 cm³/mol. The quantitative estimate of drug-likeness (QED) is 0.789. The number of nitrogens with one attached hydrogen (secondary N) is 2. The van der Waals surface area contributed by atoms with Gasteiger partial charge >= 0.3 is 0 Å². The fourth-order valence-electron chi connectivity index (χ4n) is 3.17. The van der Waals surface area contributed by atoms with E-state index in [1.807, 2.05) is 36.4 Å². The summed E-state index contributed by atoms with van der Waals surface area (Å²) in [5.41, 5.74) is 1.01. The lowest BCUT2D eigenvalue weighted by Crippen LogP contribution is -2.39. The average molecular weight is 363 g/mol. The molecule has 3 rings (SSSR count). The van der Waals surface area contributed by atoms with E-state index in [2.05, 4.69) is 15.2 Å². The van der Waals surface area contributed by atoms with E-state index in [0.717, 1.165) is 49.4 Å². The van der Waals surface area contributed by atoms with Crippen LogP contribution in [-0.4, -0.2) is 31.9 Å². The number of benzene rings is 1. The van der Waals surface area contributed by atoms with Crippen molar-refractivity contribution < 1.29 is 12.9 Å². The smallest absolute Gasteiger partial charge is 0.211 e. The highest BCUT2D eigenvalue weighted by atomic mass is 32.2. The minimum atomic E-state index is -3.10. The normalized spacial score (nSPS) is 21.2. The van der Waals surface area contributed by atoms with Gasteiger partial charge in [-0.05, 0) is 38.5 Å². The molecule has 7 heteroatoms. The molecule has 136 valence electrons. The number of aromatic nitrogens is 1. The van der Waals surface area contributed by atoms with Crippen molar-refractivity contribution >= 4 is 15.8 Å². The molecule has 0 saturated heterocycles. The Hall–Kier alpha value is -1.86. The van der Waals surface area contributed by atoms with Crippen molar-refractivity contribution in [1.29, 1.82) is 0 Å². The van der Waals surface area contributed by atoms with Gasteiger partial charge in [0.2, 0.25) is 10.0 Å². The molecule has 25 heavy (non-hydrogen) atoms. The molecule has 0 unspecified atom stereocenters. The van der Waals surface area contributed by atoms with Crippen molar-refractivity contribution in [2.45, 2.75) is 38.6 Å². The summed E-state index contributed by atoms with van der Waals surface area (Å²) in [5.74, 6) is 2.16. The average Bonchev–Trinajstić information content (AvgIpc) is 3.11. The first-order valence-electron chi connectivity index (χ1n) is 8.82. The number of nitrogens with zero attached hydrogens (tertiary/aromatic N) is 1. The molecule has 0 radical (unpaired) electrons. The van der Waals surface area contributed by atoms with Gasteiger partial charge in [-0.2, -0.15) is 0 Å². The minimum Gasteiger partial charge on any atom is -0.367 e. The highest BCUT2D eigenvalue weighted by Crippen LogP contribution is 2.26. The molecule has 6 nitrogen and oxygen atoms in total. The van der Waals surface area contributed by atoms with Gasteiger partial charge in [0.1, 0.15) is 0 Å². The Kier molecular flexibility index (Phi) is 5.75. The molecule has 1 heterocycles. The SMILES string of the molecule is CCS(=O)(=O)NC1CCC(CNc2cc(-c3ccccc3)on2)CC1. The molecular formula is C18H25N3O3S. The first kappa shape index (κ1) is 17.9. The van der Waals surface area contributed by atoms with Gasteiger partial charge in [0, 0.05) is 24.2 Å². The van der Waals surface area contributed by atoms with E-state index in [1.165, 1.54) is 0 Å². The maximum Gasteiger partial charge on any atom is 0.211 e. The van der Waals surface area contributed by atoms with E-state index in [-0.39, 0.29) is 11.8 Å². The van der Waals surface area contributed by atoms with E-state index in [0.29, 0.717) is 5.92 Å². The van der Waals surface area contributed by atoms with Crippen LogP contribution < -0.4 is 10.0 Å². The third kappa shape index (κ3) is 5.06. The summed E-state index contributed by atoms with van der Waals surface area (Å²) in [6.07, 6.45) is 3.79. The molecule has 0 aliphatic heterocycles. The zero-order valence-corrected chi connectivity index (χ0v) is 15.3. The van der Waals surface area contributed by atoms with Crippen LogP contribution in [-0.2, 0) is 10.0 Å². The maximum atomic E-state index is 11.6. The zero-order valence-electron chi connectivity index (χ0n) is 14.4. The summed E-state index contributed by atoms with van der Waals surface area (Å²) in [4.78, 5) is 0. The highest BCUT2D eigenvalue weighted by molar-refractivity contribution is 7.89. The Labute approximate surface area is 149 Å². The summed E-state index contributed by atoms with van der Waals surface area (Å²) in [6.45, 7) is 2.49. The van der Waals surface area contributed by atoms with Crippen LogP contribution in [0.2, 0.25) is 0 Å². The maximum absolute atomic E-state index is 11.6. The van der Waals surface area contributed by atoms with Crippen LogP contribution in [0.3, 0.4) is 0 Å². The molecule has 1 fully saturated rings. The molecule has 1 aliphatic rings. The number of hydrogen-bond acceptors (Lipinski definition) is 5. The summed E-state index contributed by atoms with van der Waals surface area (Å²) in [6, 6.07) is 11.9. The number of sulfonamides is 1. The molecule has 0 atom stereocenters. The van der Waals surface area contributed by atoms with Crippen molar-refractivity contribution in [3.63, 3.8) is 0 Å². The molecule has 0 amide bonds. The summed E-state index contributed by atoms with van der Waals surface area (Å²) >= 11 is 0. The Morgan fingerprint density at radius 1 is 1.16 bits per heavy atom. The van der Waals surface area contributed by atoms with Crippen molar-refractivity contribution in [2.24, 2.45) is 5.92 Å². The van der Waals surface area contributed by atoms with Gasteiger partial charge in [0.25, 0.3) is 0 Å². The molecule has 2 N–H and O–H groups in total. The molecule has 0 bridgehead atoms. The van der Waals surface area contributed by atoms with Gasteiger partial charge in [-0.3, -0.25) is 0 Å². The van der Waals surface area contributed by atoms with E-state index in [1.54, 1.807) is 6.92 Å². The second kappa shape index (κ2) is 8.01. The Morgan fingerprint density at radius 3 is 2.56 bits per heavy atom. The van der Waals surface area contributed by atoms with Gasteiger partial charge in [0.05, 0.1) is 5.75 Å². The molecule has 2 aromatic rings. The van der Waals surface area contributed by atoms with Crippen LogP contribution in [0.1, 0.15) is 32.6 Å². The van der Waals surface area contributed by atoms with Gasteiger partial charge in [-0.1, -0.05) is 35.5 Å². The zero-order chi connectivity index (χ0) is 17.7. The lowest BCUT2D eigenvalue weighted by atomic mass is 9.86. The van der Waals surface area contributed by atoms with Crippen LogP contribution in [0, 0.1) is 5.92 Å². The predicted octanol–water partition coefficient (Wildman–Crippen LogP) is 3.25. The van der Waals surface area contributed by atoms with Crippen molar-refractivity contribution in [2.75, 3.05) is 17.6 Å². The largest absolute Gasteiger partial charge is 0.367 e. The first-order chi connectivity index (χ1) is 12.1. The summed E-state index contributed by atoms with van der Waals surface area (Å²) in [7, 11) is -3.10. The lowest BCUT2D eigenvalue weighted by Gasteiger charge is -2.28. The number of anilines is 1. The fourth-order valence-corrected chi connectivity index (χ4v) is 4.08. The molecule has 1 aliphatic carbocycles. The molecule has 1 aromatic heterocycles. The molecule has 1 aromatic carbocycles. The number of hydrogen-bond donors (Lipinski definition) is 2. The van der Waals surface area contributed by atoms with Crippen LogP contribution in [0.15, 0.2) is 40.9 Å². The molecule has 0 spiro atoms. The van der Waals surface area contributed by atoms with Crippen molar-refractivity contribution in [3.8, 4) is 11.3 Å². The molecule has 1 saturated carbocycles. The summed E-state index contributed by atoms with van der Waals surface area (Å²) < 4.78 is 31.4. The van der Waals surface area contributed by atoms with E-state index in [4.69, 9.17) is 4.52 Å². The monoisotopic (exact) mass is 363 g/mol. The van der Waals surface area contributed by atoms with Crippen LogP contribution in [0.25, 0.3) is 11.3 Å². The molecular weight excluding hydrogens is 338 g/mol. The van der Waals surface area contributed by atoms with Gasteiger partial charge in [-0.15, -0.1) is 0 Å².